The van der Waals surface area contributed by atoms with E-state index in [1.165, 1.54) is 30.3 Å². The minimum Gasteiger partial charge on any atom is -0.377 e. The Morgan fingerprint density at radius 2 is 1.97 bits per heavy atom. The molecule has 1 saturated heterocycles. The van der Waals surface area contributed by atoms with Gasteiger partial charge in [-0.25, -0.2) is 17.5 Å². The first kappa shape index (κ1) is 22.2. The summed E-state index contributed by atoms with van der Waals surface area (Å²) in [5, 5.41) is 0.258. The van der Waals surface area contributed by atoms with Gasteiger partial charge in [0.15, 0.2) is 0 Å². The van der Waals surface area contributed by atoms with E-state index in [1.54, 1.807) is 17.0 Å². The van der Waals surface area contributed by atoms with Crippen LogP contribution in [0.2, 0.25) is 5.02 Å². The van der Waals surface area contributed by atoms with Crippen molar-refractivity contribution in [1.82, 2.24) is 9.62 Å². The van der Waals surface area contributed by atoms with Gasteiger partial charge < -0.3 is 9.64 Å². The average Bonchev–Trinajstić information content (AvgIpc) is 3.46. The molecule has 166 valence electrons. The first-order chi connectivity index (χ1) is 14.8. The summed E-state index contributed by atoms with van der Waals surface area (Å²) in [5.41, 5.74) is 0.491. The van der Waals surface area contributed by atoms with Gasteiger partial charge in [-0.2, -0.15) is 0 Å². The molecule has 9 heteroatoms. The largest absolute Gasteiger partial charge is 0.377 e. The summed E-state index contributed by atoms with van der Waals surface area (Å²) < 4.78 is 47.7. The van der Waals surface area contributed by atoms with Crippen LogP contribution in [-0.2, 0) is 21.3 Å². The molecule has 0 spiro atoms. The van der Waals surface area contributed by atoms with Crippen LogP contribution < -0.4 is 4.72 Å². The maximum Gasteiger partial charge on any atom is 0.254 e. The van der Waals surface area contributed by atoms with Crippen LogP contribution in [0, 0.1) is 5.82 Å². The van der Waals surface area contributed by atoms with E-state index in [4.69, 9.17) is 16.3 Å². The van der Waals surface area contributed by atoms with Crippen molar-refractivity contribution < 1.29 is 22.3 Å². The standard InChI is InChI=1S/C22H24ClFN2O4S/c23-20-7-2-8-21(24)19(20)14-26(16-9-10-16)22(27)15-4-1-6-18(12-15)31(28,29)25-13-17-5-3-11-30-17/h1-2,4,6-8,12,16-17,25H,3,5,9-11,13-14H2. The second kappa shape index (κ2) is 9.24. The van der Waals surface area contributed by atoms with E-state index < -0.39 is 15.8 Å². The topological polar surface area (TPSA) is 75.7 Å². The molecule has 2 aliphatic rings. The smallest absolute Gasteiger partial charge is 0.254 e. The van der Waals surface area contributed by atoms with Crippen molar-refractivity contribution in [3.63, 3.8) is 0 Å². The Balaban J connectivity index is 1.53. The lowest BCUT2D eigenvalue weighted by Crippen LogP contribution is -2.34. The van der Waals surface area contributed by atoms with Crippen LogP contribution in [0.3, 0.4) is 0 Å². The van der Waals surface area contributed by atoms with E-state index in [-0.39, 0.29) is 52.2 Å². The second-order valence-corrected chi connectivity index (χ2v) is 10.1. The highest BCUT2D eigenvalue weighted by molar-refractivity contribution is 7.89. The molecule has 1 unspecified atom stereocenters. The minimum absolute atomic E-state index is 0.0102. The van der Waals surface area contributed by atoms with Gasteiger partial charge in [0.1, 0.15) is 5.82 Å². The van der Waals surface area contributed by atoms with Crippen LogP contribution in [0.4, 0.5) is 4.39 Å². The summed E-state index contributed by atoms with van der Waals surface area (Å²) in [6.45, 7) is 0.864. The molecule has 1 N–H and O–H groups in total. The predicted molar refractivity (Wildman–Crippen MR) is 115 cm³/mol. The van der Waals surface area contributed by atoms with E-state index in [1.807, 2.05) is 0 Å². The molecule has 0 bridgehead atoms. The molecular formula is C22H24ClFN2O4S. The highest BCUT2D eigenvalue weighted by Crippen LogP contribution is 2.32. The van der Waals surface area contributed by atoms with Crippen LogP contribution >= 0.6 is 11.6 Å². The zero-order chi connectivity index (χ0) is 22.0. The number of carbonyl (C=O) groups is 1. The lowest BCUT2D eigenvalue weighted by Gasteiger charge is -2.24. The van der Waals surface area contributed by atoms with Gasteiger partial charge >= 0.3 is 0 Å². The lowest BCUT2D eigenvalue weighted by atomic mass is 10.1. The fourth-order valence-electron chi connectivity index (χ4n) is 3.66. The molecule has 31 heavy (non-hydrogen) atoms. The summed E-state index contributed by atoms with van der Waals surface area (Å²) in [6.07, 6.45) is 3.24. The Bertz CT molecular complexity index is 1050. The SMILES string of the molecule is O=C(c1cccc(S(=O)(=O)NCC2CCCO2)c1)N(Cc1c(F)cccc1Cl)C1CC1. The molecule has 1 aliphatic heterocycles. The van der Waals surface area contributed by atoms with E-state index >= 15 is 0 Å². The molecular weight excluding hydrogens is 443 g/mol. The van der Waals surface area contributed by atoms with Gasteiger partial charge in [-0.15, -0.1) is 0 Å². The maximum atomic E-state index is 14.3. The minimum atomic E-state index is -3.79. The number of hydrogen-bond donors (Lipinski definition) is 1. The zero-order valence-corrected chi connectivity index (χ0v) is 18.5. The van der Waals surface area contributed by atoms with Gasteiger partial charge in [0.25, 0.3) is 5.91 Å². The summed E-state index contributed by atoms with van der Waals surface area (Å²) >= 11 is 6.15. The second-order valence-electron chi connectivity index (χ2n) is 7.88. The van der Waals surface area contributed by atoms with Crippen molar-refractivity contribution in [1.29, 1.82) is 0 Å². The lowest BCUT2D eigenvalue weighted by molar-refractivity contribution is 0.0728. The van der Waals surface area contributed by atoms with Gasteiger partial charge in [0.05, 0.1) is 17.5 Å². The van der Waals surface area contributed by atoms with E-state index in [2.05, 4.69) is 4.72 Å². The Morgan fingerprint density at radius 1 is 1.19 bits per heavy atom. The number of benzene rings is 2. The summed E-state index contributed by atoms with van der Waals surface area (Å²) in [5.74, 6) is -0.821. The van der Waals surface area contributed by atoms with Crippen molar-refractivity contribution in [2.24, 2.45) is 0 Å². The van der Waals surface area contributed by atoms with Crippen molar-refractivity contribution in [2.45, 2.75) is 49.3 Å². The quantitative estimate of drug-likeness (QED) is 0.643. The van der Waals surface area contributed by atoms with Crippen LogP contribution in [0.1, 0.15) is 41.6 Å². The number of amides is 1. The third-order valence-corrected chi connectivity index (χ3v) is 7.33. The van der Waals surface area contributed by atoms with Crippen molar-refractivity contribution in [3.05, 3.63) is 64.4 Å². The van der Waals surface area contributed by atoms with Crippen LogP contribution in [-0.4, -0.2) is 44.5 Å². The average molecular weight is 467 g/mol. The molecule has 2 aromatic carbocycles. The first-order valence-corrected chi connectivity index (χ1v) is 12.2. The van der Waals surface area contributed by atoms with Gasteiger partial charge in [-0.05, 0) is 56.0 Å². The molecule has 6 nitrogen and oxygen atoms in total. The number of nitrogens with one attached hydrogen (secondary N) is 1. The molecule has 1 aliphatic carbocycles. The van der Waals surface area contributed by atoms with Crippen LogP contribution in [0.5, 0.6) is 0 Å². The van der Waals surface area contributed by atoms with Crippen LogP contribution in [0.25, 0.3) is 0 Å². The van der Waals surface area contributed by atoms with Gasteiger partial charge in [-0.1, -0.05) is 23.7 Å². The monoisotopic (exact) mass is 466 g/mol. The molecule has 1 heterocycles. The van der Waals surface area contributed by atoms with Gasteiger partial charge in [0, 0.05) is 35.3 Å². The molecule has 2 fully saturated rings. The predicted octanol–water partition coefficient (Wildman–Crippen LogP) is 3.74. The normalized spacial score (nSPS) is 18.8. The fraction of sp³-hybridized carbons (Fsp3) is 0.409. The summed E-state index contributed by atoms with van der Waals surface area (Å²) in [4.78, 5) is 14.8. The van der Waals surface area contributed by atoms with Crippen molar-refractivity contribution >= 4 is 27.5 Å². The number of ether oxygens (including phenoxy) is 1. The summed E-state index contributed by atoms with van der Waals surface area (Å²) in [7, 11) is -3.79. The van der Waals surface area contributed by atoms with Crippen LogP contribution in [0.15, 0.2) is 47.4 Å². The Morgan fingerprint density at radius 3 is 2.65 bits per heavy atom. The number of sulfonamides is 1. The molecule has 1 saturated carbocycles. The molecule has 0 aromatic heterocycles. The maximum absolute atomic E-state index is 14.3. The third kappa shape index (κ3) is 5.26. The molecule has 4 rings (SSSR count). The van der Waals surface area contributed by atoms with E-state index in [9.17, 15) is 17.6 Å². The Hall–Kier alpha value is -2.00. The number of nitrogens with zero attached hydrogens (tertiary/aromatic N) is 1. The van der Waals surface area contributed by atoms with Crippen molar-refractivity contribution in [3.8, 4) is 0 Å². The van der Waals surface area contributed by atoms with Gasteiger partial charge in [-0.3, -0.25) is 4.79 Å². The number of rotatable bonds is 8. The zero-order valence-electron chi connectivity index (χ0n) is 16.9. The number of carbonyl (C=O) groups excluding carboxylic acids is 1. The number of halogens is 2. The summed E-state index contributed by atoms with van der Waals surface area (Å²) in [6, 6.07) is 10.3. The van der Waals surface area contributed by atoms with E-state index in [0.717, 1.165) is 25.7 Å². The molecule has 1 atom stereocenters. The molecule has 0 radical (unpaired) electrons. The highest BCUT2D eigenvalue weighted by Gasteiger charge is 2.34. The number of hydrogen-bond acceptors (Lipinski definition) is 4. The molecule has 2 aromatic rings. The van der Waals surface area contributed by atoms with Crippen molar-refractivity contribution in [2.75, 3.05) is 13.2 Å². The highest BCUT2D eigenvalue weighted by atomic mass is 35.5. The first-order valence-electron chi connectivity index (χ1n) is 10.3. The Kier molecular flexibility index (Phi) is 6.62. The molecule has 1 amide bonds. The third-order valence-electron chi connectivity index (χ3n) is 5.55. The van der Waals surface area contributed by atoms with Gasteiger partial charge in [0.2, 0.25) is 10.0 Å². The Labute approximate surface area is 186 Å². The fourth-order valence-corrected chi connectivity index (χ4v) is 4.99. The van der Waals surface area contributed by atoms with E-state index in [0.29, 0.717) is 6.61 Å².